The summed E-state index contributed by atoms with van der Waals surface area (Å²) in [7, 11) is 1.71. The molecule has 1 rings (SSSR count). The second-order valence-electron chi connectivity index (χ2n) is 4.57. The van der Waals surface area contributed by atoms with Gasteiger partial charge in [0, 0.05) is 32.4 Å². The van der Waals surface area contributed by atoms with Gasteiger partial charge in [0.2, 0.25) is 5.95 Å². The maximum Gasteiger partial charge on any atom is 0.224 e. The molecule has 19 heavy (non-hydrogen) atoms. The molecule has 1 aromatic rings. The van der Waals surface area contributed by atoms with Gasteiger partial charge in [-0.1, -0.05) is 6.92 Å². The maximum absolute atomic E-state index is 5.16. The highest BCUT2D eigenvalue weighted by Gasteiger charge is 2.16. The van der Waals surface area contributed by atoms with E-state index in [1.807, 2.05) is 0 Å². The fraction of sp³-hybridized carbons (Fsp3) is 0.692. The SMILES string of the molecule is CCCNc1ncc(Br)c(N(CCOC)C(C)C)n1. The molecule has 1 aromatic heterocycles. The average molecular weight is 331 g/mol. The van der Waals surface area contributed by atoms with E-state index in [9.17, 15) is 0 Å². The first kappa shape index (κ1) is 16.2. The molecule has 0 aliphatic heterocycles. The largest absolute Gasteiger partial charge is 0.383 e. The molecule has 0 aliphatic carbocycles. The van der Waals surface area contributed by atoms with E-state index < -0.39 is 0 Å². The molecular weight excluding hydrogens is 308 g/mol. The third kappa shape index (κ3) is 4.95. The summed E-state index contributed by atoms with van der Waals surface area (Å²) in [5, 5.41) is 3.21. The van der Waals surface area contributed by atoms with E-state index in [2.05, 4.69) is 56.9 Å². The zero-order valence-corrected chi connectivity index (χ0v) is 13.7. The van der Waals surface area contributed by atoms with Gasteiger partial charge in [-0.25, -0.2) is 4.98 Å². The highest BCUT2D eigenvalue weighted by molar-refractivity contribution is 9.10. The maximum atomic E-state index is 5.16. The second kappa shape index (κ2) is 8.32. The Morgan fingerprint density at radius 2 is 2.21 bits per heavy atom. The fourth-order valence-electron chi connectivity index (χ4n) is 1.68. The van der Waals surface area contributed by atoms with Crippen LogP contribution >= 0.6 is 15.9 Å². The highest BCUT2D eigenvalue weighted by atomic mass is 79.9. The topological polar surface area (TPSA) is 50.3 Å². The number of anilines is 2. The molecule has 0 fully saturated rings. The van der Waals surface area contributed by atoms with Gasteiger partial charge in [-0.3, -0.25) is 0 Å². The van der Waals surface area contributed by atoms with E-state index in [0.29, 0.717) is 18.6 Å². The molecule has 0 saturated carbocycles. The zero-order valence-electron chi connectivity index (χ0n) is 12.1. The molecule has 0 atom stereocenters. The summed E-state index contributed by atoms with van der Waals surface area (Å²) in [6.45, 7) is 8.75. The number of hydrogen-bond donors (Lipinski definition) is 1. The first-order chi connectivity index (χ1) is 9.10. The molecule has 1 N–H and O–H groups in total. The summed E-state index contributed by atoms with van der Waals surface area (Å²) in [6, 6.07) is 0.348. The first-order valence-corrected chi connectivity index (χ1v) is 7.41. The molecule has 108 valence electrons. The van der Waals surface area contributed by atoms with Crippen molar-refractivity contribution >= 4 is 27.7 Å². The van der Waals surface area contributed by atoms with Crippen LogP contribution in [-0.4, -0.2) is 42.8 Å². The molecule has 0 bridgehead atoms. The standard InChI is InChI=1S/C13H23BrN4O/c1-5-6-15-13-16-9-11(14)12(17-13)18(10(2)3)7-8-19-4/h9-10H,5-8H2,1-4H3,(H,15,16,17). The predicted molar refractivity (Wildman–Crippen MR) is 82.9 cm³/mol. The van der Waals surface area contributed by atoms with Gasteiger partial charge in [0.1, 0.15) is 5.82 Å². The Morgan fingerprint density at radius 1 is 1.47 bits per heavy atom. The summed E-state index contributed by atoms with van der Waals surface area (Å²) in [5.41, 5.74) is 0. The number of nitrogens with one attached hydrogen (secondary N) is 1. The monoisotopic (exact) mass is 330 g/mol. The molecule has 0 spiro atoms. The van der Waals surface area contributed by atoms with Crippen molar-refractivity contribution < 1.29 is 4.74 Å². The minimum Gasteiger partial charge on any atom is -0.383 e. The minimum absolute atomic E-state index is 0.348. The van der Waals surface area contributed by atoms with Crippen LogP contribution in [0.3, 0.4) is 0 Å². The quantitative estimate of drug-likeness (QED) is 0.794. The van der Waals surface area contributed by atoms with Crippen molar-refractivity contribution in [1.29, 1.82) is 0 Å². The lowest BCUT2D eigenvalue weighted by atomic mass is 10.3. The number of halogens is 1. The third-order valence-corrected chi connectivity index (χ3v) is 3.25. The van der Waals surface area contributed by atoms with Gasteiger partial charge in [-0.2, -0.15) is 4.98 Å². The van der Waals surface area contributed by atoms with Crippen molar-refractivity contribution in [2.24, 2.45) is 0 Å². The molecule has 0 radical (unpaired) electrons. The molecule has 0 aliphatic rings. The van der Waals surface area contributed by atoms with Crippen LogP contribution in [0.25, 0.3) is 0 Å². The lowest BCUT2D eigenvalue weighted by Crippen LogP contribution is -2.35. The summed E-state index contributed by atoms with van der Waals surface area (Å²) < 4.78 is 6.07. The van der Waals surface area contributed by atoms with Crippen LogP contribution in [0, 0.1) is 0 Å². The highest BCUT2D eigenvalue weighted by Crippen LogP contribution is 2.25. The smallest absolute Gasteiger partial charge is 0.224 e. The lowest BCUT2D eigenvalue weighted by molar-refractivity contribution is 0.203. The van der Waals surface area contributed by atoms with Crippen LogP contribution in [0.15, 0.2) is 10.7 Å². The molecular formula is C13H23BrN4O. The van der Waals surface area contributed by atoms with Crippen molar-refractivity contribution in [2.75, 3.05) is 37.0 Å². The molecule has 6 heteroatoms. The third-order valence-electron chi connectivity index (χ3n) is 2.69. The van der Waals surface area contributed by atoms with Gasteiger partial charge in [0.05, 0.1) is 11.1 Å². The van der Waals surface area contributed by atoms with Crippen LogP contribution < -0.4 is 10.2 Å². The summed E-state index contributed by atoms with van der Waals surface area (Å²) in [6.07, 6.45) is 2.84. The molecule has 0 aromatic carbocycles. The van der Waals surface area contributed by atoms with Gasteiger partial charge in [-0.15, -0.1) is 0 Å². The van der Waals surface area contributed by atoms with Crippen LogP contribution in [0.2, 0.25) is 0 Å². The lowest BCUT2D eigenvalue weighted by Gasteiger charge is -2.28. The predicted octanol–water partition coefficient (Wildman–Crippen LogP) is 2.92. The Kier molecular flexibility index (Phi) is 7.09. The average Bonchev–Trinajstić information content (AvgIpc) is 2.39. The normalized spacial score (nSPS) is 10.8. The van der Waals surface area contributed by atoms with Crippen molar-refractivity contribution in [1.82, 2.24) is 9.97 Å². The van der Waals surface area contributed by atoms with Gasteiger partial charge < -0.3 is 15.0 Å². The van der Waals surface area contributed by atoms with E-state index in [1.165, 1.54) is 0 Å². The Balaban J connectivity index is 2.93. The Morgan fingerprint density at radius 3 is 2.79 bits per heavy atom. The van der Waals surface area contributed by atoms with E-state index in [-0.39, 0.29) is 0 Å². The zero-order chi connectivity index (χ0) is 14.3. The Hall–Kier alpha value is -0.880. The molecule has 0 amide bonds. The van der Waals surface area contributed by atoms with Gasteiger partial charge in [0.15, 0.2) is 0 Å². The number of aromatic nitrogens is 2. The molecule has 1 heterocycles. The van der Waals surface area contributed by atoms with Crippen LogP contribution in [0.4, 0.5) is 11.8 Å². The van der Waals surface area contributed by atoms with Gasteiger partial charge in [0.25, 0.3) is 0 Å². The van der Waals surface area contributed by atoms with Crippen molar-refractivity contribution in [3.8, 4) is 0 Å². The van der Waals surface area contributed by atoms with E-state index in [0.717, 1.165) is 29.8 Å². The summed E-state index contributed by atoms with van der Waals surface area (Å²) >= 11 is 3.52. The first-order valence-electron chi connectivity index (χ1n) is 6.62. The van der Waals surface area contributed by atoms with Crippen molar-refractivity contribution in [2.45, 2.75) is 33.2 Å². The van der Waals surface area contributed by atoms with E-state index >= 15 is 0 Å². The number of rotatable bonds is 8. The van der Waals surface area contributed by atoms with Crippen LogP contribution in [0.1, 0.15) is 27.2 Å². The number of hydrogen-bond acceptors (Lipinski definition) is 5. The number of methoxy groups -OCH3 is 1. The van der Waals surface area contributed by atoms with Crippen molar-refractivity contribution in [3.63, 3.8) is 0 Å². The van der Waals surface area contributed by atoms with E-state index in [1.54, 1.807) is 13.3 Å². The fourth-order valence-corrected chi connectivity index (χ4v) is 2.10. The summed E-state index contributed by atoms with van der Waals surface area (Å²) in [4.78, 5) is 11.1. The number of ether oxygens (including phenoxy) is 1. The number of nitrogens with zero attached hydrogens (tertiary/aromatic N) is 3. The Bertz CT molecular complexity index is 387. The van der Waals surface area contributed by atoms with Crippen LogP contribution in [-0.2, 0) is 4.74 Å². The second-order valence-corrected chi connectivity index (χ2v) is 5.43. The summed E-state index contributed by atoms with van der Waals surface area (Å²) in [5.74, 6) is 1.57. The van der Waals surface area contributed by atoms with Gasteiger partial charge in [-0.05, 0) is 36.2 Å². The van der Waals surface area contributed by atoms with Crippen LogP contribution in [0.5, 0.6) is 0 Å². The molecule has 0 unspecified atom stereocenters. The van der Waals surface area contributed by atoms with E-state index in [4.69, 9.17) is 4.74 Å². The Labute approximate surface area is 123 Å². The molecule has 0 saturated heterocycles. The minimum atomic E-state index is 0.348. The van der Waals surface area contributed by atoms with Gasteiger partial charge >= 0.3 is 0 Å². The molecule has 5 nitrogen and oxygen atoms in total. The van der Waals surface area contributed by atoms with Crippen molar-refractivity contribution in [3.05, 3.63) is 10.7 Å².